The normalized spacial score (nSPS) is 25.9. The van der Waals surface area contributed by atoms with Crippen molar-refractivity contribution in [3.8, 4) is 0 Å². The van der Waals surface area contributed by atoms with E-state index in [4.69, 9.17) is 4.74 Å². The fourth-order valence-corrected chi connectivity index (χ4v) is 2.51. The summed E-state index contributed by atoms with van der Waals surface area (Å²) in [7, 11) is 0. The van der Waals surface area contributed by atoms with Crippen LogP contribution in [0, 0.1) is 0 Å². The number of carbonyl (C=O) groups excluding carboxylic acids is 2. The van der Waals surface area contributed by atoms with Gasteiger partial charge in [-0.3, -0.25) is 9.59 Å². The van der Waals surface area contributed by atoms with Gasteiger partial charge in [0, 0.05) is 32.7 Å². The highest BCUT2D eigenvalue weighted by Crippen LogP contribution is 2.18. The summed E-state index contributed by atoms with van der Waals surface area (Å²) in [5.74, 6) is 0.137. The van der Waals surface area contributed by atoms with Gasteiger partial charge in [-0.25, -0.2) is 0 Å². The maximum Gasteiger partial charge on any atom is 0.251 e. The number of rotatable bonds is 2. The van der Waals surface area contributed by atoms with Crippen LogP contribution in [-0.4, -0.2) is 48.6 Å². The molecule has 0 spiro atoms. The molecule has 5 nitrogen and oxygen atoms in total. The van der Waals surface area contributed by atoms with Crippen LogP contribution >= 0.6 is 0 Å². The molecule has 2 saturated heterocycles. The van der Waals surface area contributed by atoms with E-state index in [0.717, 1.165) is 38.8 Å². The lowest BCUT2D eigenvalue weighted by Crippen LogP contribution is -2.48. The molecule has 0 aromatic rings. The van der Waals surface area contributed by atoms with Crippen LogP contribution in [0.2, 0.25) is 0 Å². The van der Waals surface area contributed by atoms with E-state index in [1.807, 2.05) is 4.90 Å². The predicted molar refractivity (Wildman–Crippen MR) is 62.4 cm³/mol. The first kappa shape index (κ1) is 12.4. The molecule has 1 N–H and O–H groups in total. The van der Waals surface area contributed by atoms with Gasteiger partial charge in [-0.05, 0) is 25.7 Å². The van der Waals surface area contributed by atoms with Crippen molar-refractivity contribution in [2.45, 2.75) is 44.8 Å². The van der Waals surface area contributed by atoms with Gasteiger partial charge in [-0.1, -0.05) is 0 Å². The molecule has 2 fully saturated rings. The molecule has 0 aromatic carbocycles. The van der Waals surface area contributed by atoms with Crippen molar-refractivity contribution in [3.63, 3.8) is 0 Å². The van der Waals surface area contributed by atoms with Crippen LogP contribution in [0.15, 0.2) is 0 Å². The zero-order chi connectivity index (χ0) is 12.3. The molecule has 0 bridgehead atoms. The van der Waals surface area contributed by atoms with Gasteiger partial charge in [0.15, 0.2) is 0 Å². The van der Waals surface area contributed by atoms with E-state index in [0.29, 0.717) is 6.61 Å². The quantitative estimate of drug-likeness (QED) is 0.755. The third-order valence-electron chi connectivity index (χ3n) is 3.42. The average molecular weight is 240 g/mol. The minimum absolute atomic E-state index is 0.00824. The van der Waals surface area contributed by atoms with Crippen molar-refractivity contribution < 1.29 is 14.3 Å². The van der Waals surface area contributed by atoms with Crippen LogP contribution < -0.4 is 5.32 Å². The van der Waals surface area contributed by atoms with E-state index in [9.17, 15) is 9.59 Å². The van der Waals surface area contributed by atoms with Crippen molar-refractivity contribution in [3.05, 3.63) is 0 Å². The summed E-state index contributed by atoms with van der Waals surface area (Å²) >= 11 is 0. The molecule has 0 saturated carbocycles. The van der Waals surface area contributed by atoms with Crippen molar-refractivity contribution in [1.29, 1.82) is 0 Å². The number of amides is 2. The number of ether oxygens (including phenoxy) is 1. The van der Waals surface area contributed by atoms with Gasteiger partial charge in [-0.15, -0.1) is 0 Å². The summed E-state index contributed by atoms with van der Waals surface area (Å²) in [6.45, 7) is 3.69. The van der Waals surface area contributed by atoms with Gasteiger partial charge in [0.25, 0.3) is 5.91 Å². The molecule has 0 aliphatic carbocycles. The van der Waals surface area contributed by atoms with E-state index < -0.39 is 0 Å². The summed E-state index contributed by atoms with van der Waals surface area (Å²) in [5, 5.41) is 2.90. The number of nitrogens with zero attached hydrogens (tertiary/aromatic N) is 1. The molecule has 0 radical (unpaired) electrons. The van der Waals surface area contributed by atoms with E-state index >= 15 is 0 Å². The molecule has 2 heterocycles. The molecule has 5 heteroatoms. The van der Waals surface area contributed by atoms with Crippen LogP contribution in [0.25, 0.3) is 0 Å². The topological polar surface area (TPSA) is 58.6 Å². The highest BCUT2D eigenvalue weighted by atomic mass is 16.5. The molecule has 1 atom stereocenters. The number of hydrogen-bond donors (Lipinski definition) is 1. The maximum absolute atomic E-state index is 12.0. The first-order valence-corrected chi connectivity index (χ1v) is 6.34. The number of likely N-dealkylation sites (tertiary alicyclic amines) is 1. The monoisotopic (exact) mass is 240 g/mol. The zero-order valence-corrected chi connectivity index (χ0v) is 10.3. The lowest BCUT2D eigenvalue weighted by molar-refractivity contribution is -0.142. The lowest BCUT2D eigenvalue weighted by atomic mass is 10.0. The van der Waals surface area contributed by atoms with E-state index in [1.165, 1.54) is 6.92 Å². The summed E-state index contributed by atoms with van der Waals surface area (Å²) in [6.07, 6.45) is 3.31. The molecular formula is C12H20N2O3. The van der Waals surface area contributed by atoms with Crippen LogP contribution in [0.3, 0.4) is 0 Å². The molecule has 2 amide bonds. The van der Waals surface area contributed by atoms with Crippen molar-refractivity contribution in [1.82, 2.24) is 10.2 Å². The largest absolute Gasteiger partial charge is 0.368 e. The Morgan fingerprint density at radius 2 is 1.94 bits per heavy atom. The summed E-state index contributed by atoms with van der Waals surface area (Å²) < 4.78 is 5.40. The molecule has 2 aliphatic heterocycles. The lowest BCUT2D eigenvalue weighted by Gasteiger charge is -2.33. The SMILES string of the molecule is CC(=O)NC1CCN(C(=O)C2CCCO2)CC1. The minimum atomic E-state index is -0.215. The third kappa shape index (κ3) is 3.19. The zero-order valence-electron chi connectivity index (χ0n) is 10.3. The summed E-state index contributed by atoms with van der Waals surface area (Å²) in [5.41, 5.74) is 0. The van der Waals surface area contributed by atoms with Gasteiger partial charge in [0.2, 0.25) is 5.91 Å². The Morgan fingerprint density at radius 3 is 2.47 bits per heavy atom. The van der Waals surface area contributed by atoms with Crippen LogP contribution in [0.1, 0.15) is 32.6 Å². The Hall–Kier alpha value is -1.10. The summed E-state index contributed by atoms with van der Waals surface area (Å²) in [6, 6.07) is 0.223. The van der Waals surface area contributed by atoms with Crippen LogP contribution in [0.5, 0.6) is 0 Å². The Morgan fingerprint density at radius 1 is 1.24 bits per heavy atom. The number of hydrogen-bond acceptors (Lipinski definition) is 3. The highest BCUT2D eigenvalue weighted by Gasteiger charge is 2.30. The van der Waals surface area contributed by atoms with E-state index in [2.05, 4.69) is 5.32 Å². The second-order valence-electron chi connectivity index (χ2n) is 4.80. The Bertz CT molecular complexity index is 292. The standard InChI is InChI=1S/C12H20N2O3/c1-9(15)13-10-4-6-14(7-5-10)12(16)11-3-2-8-17-11/h10-11H,2-8H2,1H3,(H,13,15). The average Bonchev–Trinajstić information content (AvgIpc) is 2.82. The first-order valence-electron chi connectivity index (χ1n) is 6.34. The fraction of sp³-hybridized carbons (Fsp3) is 0.833. The van der Waals surface area contributed by atoms with Crippen LogP contribution in [0.4, 0.5) is 0 Å². The van der Waals surface area contributed by atoms with Crippen molar-refractivity contribution >= 4 is 11.8 Å². The molecule has 2 rings (SSSR count). The number of carbonyl (C=O) groups is 2. The van der Waals surface area contributed by atoms with Gasteiger partial charge >= 0.3 is 0 Å². The maximum atomic E-state index is 12.0. The number of nitrogens with one attached hydrogen (secondary N) is 1. The number of piperidine rings is 1. The Labute approximate surface area is 101 Å². The highest BCUT2D eigenvalue weighted by molar-refractivity contribution is 5.81. The second-order valence-corrected chi connectivity index (χ2v) is 4.80. The van der Waals surface area contributed by atoms with E-state index in [-0.39, 0.29) is 24.0 Å². The van der Waals surface area contributed by atoms with Crippen molar-refractivity contribution in [2.24, 2.45) is 0 Å². The van der Waals surface area contributed by atoms with Gasteiger partial charge in [0.1, 0.15) is 6.10 Å². The second kappa shape index (κ2) is 5.49. The van der Waals surface area contributed by atoms with Crippen molar-refractivity contribution in [2.75, 3.05) is 19.7 Å². The molecular weight excluding hydrogens is 220 g/mol. The molecule has 0 aromatic heterocycles. The minimum Gasteiger partial charge on any atom is -0.368 e. The van der Waals surface area contributed by atoms with Gasteiger partial charge in [-0.2, -0.15) is 0 Å². The molecule has 1 unspecified atom stereocenters. The summed E-state index contributed by atoms with van der Waals surface area (Å²) in [4.78, 5) is 24.8. The smallest absolute Gasteiger partial charge is 0.251 e. The van der Waals surface area contributed by atoms with E-state index in [1.54, 1.807) is 0 Å². The molecule has 2 aliphatic rings. The third-order valence-corrected chi connectivity index (χ3v) is 3.42. The molecule has 17 heavy (non-hydrogen) atoms. The van der Waals surface area contributed by atoms with Gasteiger partial charge in [0.05, 0.1) is 0 Å². The van der Waals surface area contributed by atoms with Crippen LogP contribution in [-0.2, 0) is 14.3 Å². The Balaban J connectivity index is 1.78. The molecule has 96 valence electrons. The van der Waals surface area contributed by atoms with Gasteiger partial charge < -0.3 is 15.0 Å². The Kier molecular flexibility index (Phi) is 3.99. The fourth-order valence-electron chi connectivity index (χ4n) is 2.51. The predicted octanol–water partition coefficient (Wildman–Crippen LogP) is 0.293. The first-order chi connectivity index (χ1) is 8.16.